The summed E-state index contributed by atoms with van der Waals surface area (Å²) in [6.07, 6.45) is 1.85. The van der Waals surface area contributed by atoms with Gasteiger partial charge < -0.3 is 14.4 Å². The summed E-state index contributed by atoms with van der Waals surface area (Å²) in [7, 11) is 4.16. The fourth-order valence-corrected chi connectivity index (χ4v) is 3.11. The van der Waals surface area contributed by atoms with Crippen molar-refractivity contribution in [3.8, 4) is 5.75 Å². The Morgan fingerprint density at radius 1 is 1.08 bits per heavy atom. The second-order valence-electron chi connectivity index (χ2n) is 6.59. The molecule has 0 fully saturated rings. The van der Waals surface area contributed by atoms with Crippen LogP contribution < -0.4 is 4.74 Å². The third kappa shape index (κ3) is 5.58. The number of halogens is 2. The van der Waals surface area contributed by atoms with Gasteiger partial charge in [-0.3, -0.25) is 4.98 Å². The number of fused-ring (bicyclic) bond motifs is 1. The van der Waals surface area contributed by atoms with E-state index < -0.39 is 0 Å². The third-order valence-electron chi connectivity index (χ3n) is 4.32. The summed E-state index contributed by atoms with van der Waals surface area (Å²) < 4.78 is 11.8. The van der Waals surface area contributed by atoms with Crippen molar-refractivity contribution >= 4 is 24.8 Å². The largest absolute Gasteiger partial charge is 0.491 e. The lowest BCUT2D eigenvalue weighted by Crippen LogP contribution is -2.16. The predicted molar refractivity (Wildman–Crippen MR) is 110 cm³/mol. The number of hydrogen-bond donors (Lipinski definition) is 0. The van der Waals surface area contributed by atoms with Crippen molar-refractivity contribution in [3.05, 3.63) is 58.4 Å². The molecule has 2 aromatic rings. The Morgan fingerprint density at radius 2 is 1.77 bits per heavy atom. The van der Waals surface area contributed by atoms with Crippen LogP contribution in [0.3, 0.4) is 0 Å². The van der Waals surface area contributed by atoms with Crippen molar-refractivity contribution in [3.63, 3.8) is 0 Å². The molecule has 1 aromatic carbocycles. The molecule has 0 aliphatic carbocycles. The zero-order chi connectivity index (χ0) is 16.9. The van der Waals surface area contributed by atoms with Crippen LogP contribution in [0, 0.1) is 6.92 Å². The first-order valence-electron chi connectivity index (χ1n) is 8.55. The van der Waals surface area contributed by atoms with Gasteiger partial charge in [-0.15, -0.1) is 24.8 Å². The van der Waals surface area contributed by atoms with Gasteiger partial charge in [0.05, 0.1) is 31.2 Å². The molecule has 6 heteroatoms. The molecule has 0 spiro atoms. The quantitative estimate of drug-likeness (QED) is 0.654. The van der Waals surface area contributed by atoms with E-state index in [0.717, 1.165) is 36.5 Å². The SMILES string of the molecule is Cc1nc(Cc2ccccc2)c2c(c1OCCCN(C)C)COC2.Cl.Cl. The van der Waals surface area contributed by atoms with E-state index in [0.29, 0.717) is 19.8 Å². The molecule has 144 valence electrons. The lowest BCUT2D eigenvalue weighted by molar-refractivity contribution is 0.132. The number of hydrogen-bond acceptors (Lipinski definition) is 4. The van der Waals surface area contributed by atoms with Gasteiger partial charge >= 0.3 is 0 Å². The highest BCUT2D eigenvalue weighted by Crippen LogP contribution is 2.34. The van der Waals surface area contributed by atoms with E-state index in [4.69, 9.17) is 14.5 Å². The first-order chi connectivity index (χ1) is 11.6. The number of aryl methyl sites for hydroxylation is 1. The van der Waals surface area contributed by atoms with Crippen LogP contribution in [0.25, 0.3) is 0 Å². The number of nitrogens with zero attached hydrogens (tertiary/aromatic N) is 2. The van der Waals surface area contributed by atoms with Crippen molar-refractivity contribution in [2.24, 2.45) is 0 Å². The average Bonchev–Trinajstić information content (AvgIpc) is 3.04. The molecule has 2 heterocycles. The van der Waals surface area contributed by atoms with E-state index in [2.05, 4.69) is 43.3 Å². The van der Waals surface area contributed by atoms with Crippen molar-refractivity contribution in [1.29, 1.82) is 0 Å². The molecule has 1 aliphatic heterocycles. The van der Waals surface area contributed by atoms with Crippen molar-refractivity contribution < 1.29 is 9.47 Å². The van der Waals surface area contributed by atoms with Crippen molar-refractivity contribution in [2.45, 2.75) is 33.0 Å². The van der Waals surface area contributed by atoms with Gasteiger partial charge in [-0.2, -0.15) is 0 Å². The molecule has 0 amide bonds. The maximum Gasteiger partial charge on any atom is 0.146 e. The smallest absolute Gasteiger partial charge is 0.146 e. The van der Waals surface area contributed by atoms with Gasteiger partial charge in [0, 0.05) is 24.1 Å². The molecule has 0 saturated carbocycles. The maximum absolute atomic E-state index is 6.07. The molecule has 4 nitrogen and oxygen atoms in total. The van der Waals surface area contributed by atoms with Crippen LogP contribution in [0.4, 0.5) is 0 Å². The highest BCUT2D eigenvalue weighted by atomic mass is 35.5. The number of pyridine rings is 1. The summed E-state index contributed by atoms with van der Waals surface area (Å²) >= 11 is 0. The number of rotatable bonds is 7. The van der Waals surface area contributed by atoms with Gasteiger partial charge in [0.25, 0.3) is 0 Å². The summed E-state index contributed by atoms with van der Waals surface area (Å²) in [5.74, 6) is 0.929. The van der Waals surface area contributed by atoms with Gasteiger partial charge in [0.15, 0.2) is 0 Å². The summed E-state index contributed by atoms with van der Waals surface area (Å²) in [4.78, 5) is 7.01. The number of aromatic nitrogens is 1. The van der Waals surface area contributed by atoms with Crippen LogP contribution >= 0.6 is 24.8 Å². The molecule has 0 unspecified atom stereocenters. The van der Waals surface area contributed by atoms with Crippen LogP contribution in [0.2, 0.25) is 0 Å². The van der Waals surface area contributed by atoms with E-state index >= 15 is 0 Å². The Morgan fingerprint density at radius 3 is 2.46 bits per heavy atom. The second kappa shape index (κ2) is 10.7. The topological polar surface area (TPSA) is 34.6 Å². The zero-order valence-electron chi connectivity index (χ0n) is 15.7. The predicted octanol–water partition coefficient (Wildman–Crippen LogP) is 4.19. The maximum atomic E-state index is 6.07. The first-order valence-corrected chi connectivity index (χ1v) is 8.55. The van der Waals surface area contributed by atoms with Crippen LogP contribution in [-0.2, 0) is 24.4 Å². The molecule has 0 atom stereocenters. The van der Waals surface area contributed by atoms with Gasteiger partial charge in [-0.05, 0) is 33.0 Å². The lowest BCUT2D eigenvalue weighted by Gasteiger charge is -2.16. The molecule has 0 bridgehead atoms. The minimum absolute atomic E-state index is 0. The molecule has 1 aromatic heterocycles. The minimum atomic E-state index is 0. The minimum Gasteiger partial charge on any atom is -0.491 e. The number of ether oxygens (including phenoxy) is 2. The fourth-order valence-electron chi connectivity index (χ4n) is 3.11. The monoisotopic (exact) mass is 398 g/mol. The summed E-state index contributed by atoms with van der Waals surface area (Å²) in [6, 6.07) is 10.5. The molecular formula is C20H28Cl2N2O2. The Labute approximate surface area is 168 Å². The van der Waals surface area contributed by atoms with Gasteiger partial charge in [-0.1, -0.05) is 30.3 Å². The highest BCUT2D eigenvalue weighted by Gasteiger charge is 2.23. The first kappa shape index (κ1) is 22.7. The van der Waals surface area contributed by atoms with Crippen LogP contribution in [0.1, 0.15) is 34.5 Å². The van der Waals surface area contributed by atoms with Crippen LogP contribution in [0.5, 0.6) is 5.75 Å². The lowest BCUT2D eigenvalue weighted by atomic mass is 10.0. The Bertz CT molecular complexity index is 694. The second-order valence-corrected chi connectivity index (χ2v) is 6.59. The fraction of sp³-hybridized carbons (Fsp3) is 0.450. The van der Waals surface area contributed by atoms with E-state index in [1.807, 2.05) is 13.0 Å². The molecule has 0 saturated heterocycles. The van der Waals surface area contributed by atoms with E-state index in [9.17, 15) is 0 Å². The number of benzene rings is 1. The molecule has 0 N–H and O–H groups in total. The van der Waals surface area contributed by atoms with Crippen LogP contribution in [-0.4, -0.2) is 37.1 Å². The average molecular weight is 399 g/mol. The summed E-state index contributed by atoms with van der Waals surface area (Å²) in [5, 5.41) is 0. The van der Waals surface area contributed by atoms with E-state index in [1.54, 1.807) is 0 Å². The normalized spacial score (nSPS) is 12.3. The van der Waals surface area contributed by atoms with Gasteiger partial charge in [0.2, 0.25) is 0 Å². The summed E-state index contributed by atoms with van der Waals surface area (Å²) in [5.41, 5.74) is 5.77. The standard InChI is InChI=1S/C20H26N2O2.2ClH/c1-15-20(24-11-7-10-22(2)3)18-14-23-13-17(18)19(21-15)12-16-8-5-4-6-9-16;;/h4-6,8-9H,7,10-14H2,1-3H3;2*1H. The molecular weight excluding hydrogens is 371 g/mol. The highest BCUT2D eigenvalue weighted by molar-refractivity contribution is 5.85. The molecule has 1 aliphatic rings. The molecule has 3 rings (SSSR count). The Hall–Kier alpha value is -1.33. The Kier molecular flexibility index (Phi) is 9.37. The molecule has 0 radical (unpaired) electrons. The summed E-state index contributed by atoms with van der Waals surface area (Å²) in [6.45, 7) is 5.04. The van der Waals surface area contributed by atoms with Gasteiger partial charge in [-0.25, -0.2) is 0 Å². The third-order valence-corrected chi connectivity index (χ3v) is 4.32. The van der Waals surface area contributed by atoms with E-state index in [-0.39, 0.29) is 24.8 Å². The van der Waals surface area contributed by atoms with Crippen LogP contribution in [0.15, 0.2) is 30.3 Å². The van der Waals surface area contributed by atoms with Crippen molar-refractivity contribution in [1.82, 2.24) is 9.88 Å². The van der Waals surface area contributed by atoms with Crippen molar-refractivity contribution in [2.75, 3.05) is 27.2 Å². The Balaban J connectivity index is 0.00000169. The zero-order valence-corrected chi connectivity index (χ0v) is 17.3. The van der Waals surface area contributed by atoms with Gasteiger partial charge in [0.1, 0.15) is 5.75 Å². The molecule has 26 heavy (non-hydrogen) atoms. The van der Waals surface area contributed by atoms with E-state index in [1.165, 1.54) is 16.7 Å².